The highest BCUT2D eigenvalue weighted by Gasteiger charge is 2.42. The highest BCUT2D eigenvalue weighted by molar-refractivity contribution is 6.02. The fourth-order valence-corrected chi connectivity index (χ4v) is 8.06. The maximum Gasteiger partial charge on any atom is 0.0546 e. The van der Waals surface area contributed by atoms with Gasteiger partial charge in [0, 0.05) is 16.8 Å². The zero-order valence-electron chi connectivity index (χ0n) is 21.8. The van der Waals surface area contributed by atoms with Gasteiger partial charge in [0.1, 0.15) is 0 Å². The number of hydrogen-bond donors (Lipinski definition) is 0. The second-order valence-corrected chi connectivity index (χ2v) is 11.9. The Kier molecular flexibility index (Phi) is 5.18. The zero-order valence-corrected chi connectivity index (χ0v) is 21.8. The summed E-state index contributed by atoms with van der Waals surface area (Å²) in [5.74, 6) is 3.44. The van der Waals surface area contributed by atoms with Gasteiger partial charge < -0.3 is 4.90 Å². The van der Waals surface area contributed by atoms with Gasteiger partial charge in [-0.1, -0.05) is 78.9 Å². The van der Waals surface area contributed by atoms with Gasteiger partial charge in [0.2, 0.25) is 0 Å². The first-order valence-electron chi connectivity index (χ1n) is 14.4. The number of fused-ring (bicyclic) bond motifs is 1. The number of rotatable bonds is 4. The second kappa shape index (κ2) is 8.88. The molecule has 5 aromatic carbocycles. The first kappa shape index (κ1) is 22.2. The highest BCUT2D eigenvalue weighted by Crippen LogP contribution is 2.56. The zero-order chi connectivity index (χ0) is 25.1. The quantitative estimate of drug-likeness (QED) is 0.242. The van der Waals surface area contributed by atoms with E-state index in [0.29, 0.717) is 0 Å². The third-order valence-corrected chi connectivity index (χ3v) is 9.55. The van der Waals surface area contributed by atoms with Crippen molar-refractivity contribution >= 4 is 27.8 Å². The molecule has 0 aromatic heterocycles. The summed E-state index contributed by atoms with van der Waals surface area (Å²) < 4.78 is 0. The van der Waals surface area contributed by atoms with Gasteiger partial charge in [0.25, 0.3) is 0 Å². The van der Waals surface area contributed by atoms with Crippen molar-refractivity contribution in [3.05, 3.63) is 126 Å². The molecule has 0 spiro atoms. The largest absolute Gasteiger partial charge is 0.310 e. The van der Waals surface area contributed by atoms with Crippen LogP contribution in [0.3, 0.4) is 0 Å². The fraction of sp³-hybridized carbons (Fsp3) is 0.243. The van der Waals surface area contributed by atoms with Crippen LogP contribution >= 0.6 is 0 Å². The molecule has 0 amide bonds. The molecule has 38 heavy (non-hydrogen) atoms. The predicted molar refractivity (Wildman–Crippen MR) is 160 cm³/mol. The van der Waals surface area contributed by atoms with E-state index in [-0.39, 0.29) is 0 Å². The first-order chi connectivity index (χ1) is 18.8. The average Bonchev–Trinajstić information content (AvgIpc) is 3.14. The molecule has 2 fully saturated rings. The lowest BCUT2D eigenvalue weighted by molar-refractivity contribution is 0.166. The number of nitrogens with zero attached hydrogens (tertiary/aromatic N) is 1. The van der Waals surface area contributed by atoms with Crippen molar-refractivity contribution < 1.29 is 0 Å². The summed E-state index contributed by atoms with van der Waals surface area (Å²) in [7, 11) is 0. The summed E-state index contributed by atoms with van der Waals surface area (Å²) in [6, 6.07) is 42.7. The fourth-order valence-electron chi connectivity index (χ4n) is 8.06. The molecule has 0 radical (unpaired) electrons. The third kappa shape index (κ3) is 3.68. The molecule has 2 unspecified atom stereocenters. The molecule has 0 heterocycles. The maximum absolute atomic E-state index is 2.58. The summed E-state index contributed by atoms with van der Waals surface area (Å²) in [5, 5.41) is 2.56. The second-order valence-electron chi connectivity index (χ2n) is 11.9. The number of hydrogen-bond acceptors (Lipinski definition) is 1. The van der Waals surface area contributed by atoms with Crippen LogP contribution in [-0.4, -0.2) is 0 Å². The number of anilines is 3. The molecule has 186 valence electrons. The van der Waals surface area contributed by atoms with E-state index < -0.39 is 0 Å². The van der Waals surface area contributed by atoms with Crippen molar-refractivity contribution in [1.82, 2.24) is 0 Å². The molecule has 0 N–H and O–H groups in total. The third-order valence-electron chi connectivity index (χ3n) is 9.55. The van der Waals surface area contributed by atoms with E-state index in [0.717, 1.165) is 23.7 Å². The van der Waals surface area contributed by atoms with Crippen LogP contribution in [0.25, 0.3) is 21.9 Å². The van der Waals surface area contributed by atoms with Crippen molar-refractivity contribution in [2.24, 2.45) is 11.8 Å². The van der Waals surface area contributed by atoms with Gasteiger partial charge in [-0.3, -0.25) is 0 Å². The van der Waals surface area contributed by atoms with Crippen LogP contribution < -0.4 is 4.90 Å². The van der Waals surface area contributed by atoms with Gasteiger partial charge >= 0.3 is 0 Å². The molecule has 4 aliphatic rings. The first-order valence-corrected chi connectivity index (χ1v) is 14.4. The van der Waals surface area contributed by atoms with Crippen LogP contribution in [-0.2, 0) is 0 Å². The lowest BCUT2D eigenvalue weighted by atomic mass is 9.67. The summed E-state index contributed by atoms with van der Waals surface area (Å²) in [6.45, 7) is 0. The van der Waals surface area contributed by atoms with Gasteiger partial charge in [0.15, 0.2) is 0 Å². The van der Waals surface area contributed by atoms with Gasteiger partial charge in [-0.25, -0.2) is 0 Å². The minimum atomic E-state index is 0.756. The maximum atomic E-state index is 2.58. The van der Waals surface area contributed by atoms with Crippen molar-refractivity contribution in [2.75, 3.05) is 4.90 Å². The van der Waals surface area contributed by atoms with E-state index in [1.807, 2.05) is 0 Å². The minimum Gasteiger partial charge on any atom is -0.310 e. The Bertz CT molecular complexity index is 1570. The van der Waals surface area contributed by atoms with Crippen LogP contribution in [0.5, 0.6) is 0 Å². The van der Waals surface area contributed by atoms with Crippen molar-refractivity contribution in [3.63, 3.8) is 0 Å². The molecule has 2 atom stereocenters. The van der Waals surface area contributed by atoms with Crippen molar-refractivity contribution in [2.45, 2.75) is 43.9 Å². The lowest BCUT2D eigenvalue weighted by Crippen LogP contribution is -2.25. The molecule has 0 aliphatic heterocycles. The summed E-state index contributed by atoms with van der Waals surface area (Å²) in [6.07, 6.45) is 7.13. The lowest BCUT2D eigenvalue weighted by Gasteiger charge is -2.38. The summed E-state index contributed by atoms with van der Waals surface area (Å²) in [4.78, 5) is 2.41. The normalized spacial score (nSPS) is 23.3. The molecule has 4 bridgehead atoms. The Hall–Kier alpha value is -3.84. The standard InChI is InChI=1S/C37H33N/c1-3-10-32(11-4-1)38(33-12-5-2-6-13-33)37-24-29(22-28-9-7-8-14-35(28)37)27-15-16-34-30-18-25-17-26(19-30)21-31(20-25)36(34)23-27/h1-16,22-26,30-31H,17-21H2. The van der Waals surface area contributed by atoms with Crippen LogP contribution in [0.4, 0.5) is 17.1 Å². The number of benzene rings is 5. The molecular formula is C37H33N. The Morgan fingerprint density at radius 1 is 0.474 bits per heavy atom. The van der Waals surface area contributed by atoms with Crippen LogP contribution in [0.15, 0.2) is 115 Å². The molecule has 2 saturated carbocycles. The van der Waals surface area contributed by atoms with E-state index in [1.165, 1.54) is 71.1 Å². The van der Waals surface area contributed by atoms with Crippen molar-refractivity contribution in [1.29, 1.82) is 0 Å². The van der Waals surface area contributed by atoms with E-state index >= 15 is 0 Å². The SMILES string of the molecule is c1ccc(N(c2ccccc2)c2cc(-c3ccc4c(c3)C3CC5CC(CC4C5)C3)cc3ccccc23)cc1. The molecule has 4 aliphatic carbocycles. The van der Waals surface area contributed by atoms with E-state index in [1.54, 1.807) is 11.1 Å². The smallest absolute Gasteiger partial charge is 0.0546 e. The molecule has 9 rings (SSSR count). The molecule has 1 nitrogen and oxygen atoms in total. The molecular weight excluding hydrogens is 458 g/mol. The highest BCUT2D eigenvalue weighted by atomic mass is 15.1. The Morgan fingerprint density at radius 3 is 1.76 bits per heavy atom. The molecule has 1 heteroatoms. The Labute approximate surface area is 225 Å². The number of para-hydroxylation sites is 2. The minimum absolute atomic E-state index is 0.756. The molecule has 5 aromatic rings. The van der Waals surface area contributed by atoms with Crippen LogP contribution in [0.1, 0.15) is 55.1 Å². The van der Waals surface area contributed by atoms with E-state index in [2.05, 4.69) is 120 Å². The van der Waals surface area contributed by atoms with E-state index in [9.17, 15) is 0 Å². The summed E-state index contributed by atoms with van der Waals surface area (Å²) >= 11 is 0. The predicted octanol–water partition coefficient (Wildman–Crippen LogP) is 10.4. The van der Waals surface area contributed by atoms with Gasteiger partial charge in [0.05, 0.1) is 5.69 Å². The van der Waals surface area contributed by atoms with Gasteiger partial charge in [-0.05, 0) is 120 Å². The van der Waals surface area contributed by atoms with Crippen molar-refractivity contribution in [3.8, 4) is 11.1 Å². The van der Waals surface area contributed by atoms with E-state index in [4.69, 9.17) is 0 Å². The topological polar surface area (TPSA) is 3.24 Å². The Morgan fingerprint density at radius 2 is 1.08 bits per heavy atom. The van der Waals surface area contributed by atoms with Crippen LogP contribution in [0, 0.1) is 11.8 Å². The average molecular weight is 492 g/mol. The molecule has 0 saturated heterocycles. The Balaban J connectivity index is 1.32. The van der Waals surface area contributed by atoms with Gasteiger partial charge in [-0.2, -0.15) is 0 Å². The monoisotopic (exact) mass is 491 g/mol. The summed E-state index contributed by atoms with van der Waals surface area (Å²) in [5.41, 5.74) is 9.58. The van der Waals surface area contributed by atoms with Crippen LogP contribution in [0.2, 0.25) is 0 Å². The van der Waals surface area contributed by atoms with Gasteiger partial charge in [-0.15, -0.1) is 0 Å².